The number of hydrogen-bond donors (Lipinski definition) is 1. The number of sulfonamides is 1. The van der Waals surface area contributed by atoms with Gasteiger partial charge in [0.1, 0.15) is 4.60 Å². The molecule has 1 N–H and O–H groups in total. The van der Waals surface area contributed by atoms with E-state index >= 15 is 0 Å². The molecule has 76 valence electrons. The van der Waals surface area contributed by atoms with Crippen LogP contribution < -0.4 is 4.72 Å². The summed E-state index contributed by atoms with van der Waals surface area (Å²) in [6, 6.07) is 3.28. The summed E-state index contributed by atoms with van der Waals surface area (Å²) in [5, 5.41) is 0. The molecule has 0 aromatic carbocycles. The lowest BCUT2D eigenvalue weighted by atomic mass is 10.4. The van der Waals surface area contributed by atoms with Gasteiger partial charge in [0, 0.05) is 0 Å². The second-order valence-corrected chi connectivity index (χ2v) is 5.12. The van der Waals surface area contributed by atoms with Crippen molar-refractivity contribution in [2.75, 3.05) is 10.5 Å². The molecule has 14 heavy (non-hydrogen) atoms. The first-order chi connectivity index (χ1) is 6.53. The van der Waals surface area contributed by atoms with Gasteiger partial charge in [0.2, 0.25) is 10.0 Å². The van der Waals surface area contributed by atoms with E-state index < -0.39 is 10.0 Å². The molecule has 6 heteroatoms. The van der Waals surface area contributed by atoms with Crippen LogP contribution in [0.25, 0.3) is 0 Å². The van der Waals surface area contributed by atoms with Gasteiger partial charge in [0.25, 0.3) is 0 Å². The highest BCUT2D eigenvalue weighted by atomic mass is 79.9. The molecule has 1 aromatic rings. The Hall–Kier alpha value is -0.880. The monoisotopic (exact) mass is 276 g/mol. The summed E-state index contributed by atoms with van der Waals surface area (Å²) >= 11 is 3.15. The van der Waals surface area contributed by atoms with Crippen LogP contribution in [0.5, 0.6) is 0 Å². The van der Waals surface area contributed by atoms with Crippen LogP contribution in [0.2, 0.25) is 0 Å². The number of aromatic nitrogens is 1. The summed E-state index contributed by atoms with van der Waals surface area (Å²) in [6.07, 6.45) is 2.76. The predicted octanol–water partition coefficient (Wildman–Crippen LogP) is 1.77. The maximum atomic E-state index is 11.3. The Balaban J connectivity index is 2.79. The summed E-state index contributed by atoms with van der Waals surface area (Å²) in [7, 11) is -3.32. The zero-order valence-electron chi connectivity index (χ0n) is 7.27. The average molecular weight is 277 g/mol. The zero-order chi connectivity index (χ0) is 10.6. The lowest BCUT2D eigenvalue weighted by Gasteiger charge is -2.04. The van der Waals surface area contributed by atoms with Crippen molar-refractivity contribution in [2.24, 2.45) is 0 Å². The lowest BCUT2D eigenvalue weighted by Crippen LogP contribution is -2.15. The highest BCUT2D eigenvalue weighted by molar-refractivity contribution is 9.10. The van der Waals surface area contributed by atoms with Crippen LogP contribution in [0, 0.1) is 0 Å². The molecule has 1 heterocycles. The number of hydrogen-bond acceptors (Lipinski definition) is 3. The van der Waals surface area contributed by atoms with Crippen molar-refractivity contribution in [3.8, 4) is 0 Å². The SMILES string of the molecule is C=CCS(=O)(=O)Nc1ccc(Br)nc1. The number of halogens is 1. The Morgan fingerprint density at radius 2 is 2.29 bits per heavy atom. The quantitative estimate of drug-likeness (QED) is 0.674. The van der Waals surface area contributed by atoms with Gasteiger partial charge in [-0.25, -0.2) is 13.4 Å². The third kappa shape index (κ3) is 3.47. The fourth-order valence-electron chi connectivity index (χ4n) is 0.813. The standard InChI is InChI=1S/C8H9BrN2O2S/c1-2-5-14(12,13)11-7-3-4-8(9)10-6-7/h2-4,6,11H,1,5H2. The van der Waals surface area contributed by atoms with Gasteiger partial charge in [-0.3, -0.25) is 4.72 Å². The van der Waals surface area contributed by atoms with Crippen molar-refractivity contribution in [3.63, 3.8) is 0 Å². The Labute approximate surface area is 91.2 Å². The first-order valence-electron chi connectivity index (χ1n) is 3.76. The molecular weight excluding hydrogens is 268 g/mol. The molecule has 0 fully saturated rings. The Bertz CT molecular complexity index is 413. The zero-order valence-corrected chi connectivity index (χ0v) is 9.68. The van der Waals surface area contributed by atoms with E-state index in [1.165, 1.54) is 12.3 Å². The summed E-state index contributed by atoms with van der Waals surface area (Å²) in [5.74, 6) is -0.108. The Kier molecular flexibility index (Phi) is 3.65. The smallest absolute Gasteiger partial charge is 0.236 e. The molecule has 0 atom stereocenters. The minimum atomic E-state index is -3.32. The topological polar surface area (TPSA) is 59.1 Å². The molecule has 0 saturated heterocycles. The largest absolute Gasteiger partial charge is 0.282 e. The second-order valence-electron chi connectivity index (χ2n) is 2.54. The average Bonchev–Trinajstić information content (AvgIpc) is 2.08. The fraction of sp³-hybridized carbons (Fsp3) is 0.125. The molecular formula is C8H9BrN2O2S. The highest BCUT2D eigenvalue weighted by Gasteiger charge is 2.07. The van der Waals surface area contributed by atoms with E-state index in [4.69, 9.17) is 0 Å². The van der Waals surface area contributed by atoms with E-state index in [9.17, 15) is 8.42 Å². The molecule has 0 radical (unpaired) electrons. The van der Waals surface area contributed by atoms with Gasteiger partial charge in [-0.15, -0.1) is 6.58 Å². The highest BCUT2D eigenvalue weighted by Crippen LogP contribution is 2.11. The molecule has 4 nitrogen and oxygen atoms in total. The van der Waals surface area contributed by atoms with Crippen LogP contribution in [-0.2, 0) is 10.0 Å². The molecule has 0 unspecified atom stereocenters. The van der Waals surface area contributed by atoms with Gasteiger partial charge in [-0.1, -0.05) is 6.08 Å². The van der Waals surface area contributed by atoms with Crippen molar-refractivity contribution in [1.82, 2.24) is 4.98 Å². The molecule has 1 rings (SSSR count). The van der Waals surface area contributed by atoms with E-state index in [1.807, 2.05) is 0 Å². The number of pyridine rings is 1. The normalized spacial score (nSPS) is 10.9. The maximum Gasteiger partial charge on any atom is 0.236 e. The number of nitrogens with zero attached hydrogens (tertiary/aromatic N) is 1. The summed E-state index contributed by atoms with van der Waals surface area (Å²) < 4.78 is 25.5. The van der Waals surface area contributed by atoms with Crippen molar-refractivity contribution in [2.45, 2.75) is 0 Å². The fourth-order valence-corrected chi connectivity index (χ4v) is 1.92. The van der Waals surface area contributed by atoms with Gasteiger partial charge < -0.3 is 0 Å². The molecule has 1 aromatic heterocycles. The molecule has 0 aliphatic heterocycles. The maximum absolute atomic E-state index is 11.3. The van der Waals surface area contributed by atoms with E-state index in [2.05, 4.69) is 32.2 Å². The Morgan fingerprint density at radius 3 is 2.79 bits per heavy atom. The second kappa shape index (κ2) is 4.56. The van der Waals surface area contributed by atoms with Crippen molar-refractivity contribution in [3.05, 3.63) is 35.6 Å². The van der Waals surface area contributed by atoms with Crippen LogP contribution in [0.3, 0.4) is 0 Å². The predicted molar refractivity (Wildman–Crippen MR) is 59.5 cm³/mol. The molecule has 0 spiro atoms. The van der Waals surface area contributed by atoms with Crippen molar-refractivity contribution < 1.29 is 8.42 Å². The number of anilines is 1. The molecule has 0 bridgehead atoms. The first kappa shape index (κ1) is 11.2. The summed E-state index contributed by atoms with van der Waals surface area (Å²) in [5.41, 5.74) is 0.440. The van der Waals surface area contributed by atoms with Crippen LogP contribution in [0.4, 0.5) is 5.69 Å². The van der Waals surface area contributed by atoms with E-state index in [0.29, 0.717) is 10.3 Å². The van der Waals surface area contributed by atoms with Crippen LogP contribution in [0.15, 0.2) is 35.6 Å². The van der Waals surface area contributed by atoms with E-state index in [-0.39, 0.29) is 5.75 Å². The number of nitrogens with one attached hydrogen (secondary N) is 1. The third-order valence-electron chi connectivity index (χ3n) is 1.34. The van der Waals surface area contributed by atoms with Gasteiger partial charge in [0.15, 0.2) is 0 Å². The van der Waals surface area contributed by atoms with Crippen molar-refractivity contribution >= 4 is 31.6 Å². The summed E-state index contributed by atoms with van der Waals surface area (Å²) in [4.78, 5) is 3.89. The van der Waals surface area contributed by atoms with Crippen LogP contribution >= 0.6 is 15.9 Å². The van der Waals surface area contributed by atoms with Crippen LogP contribution in [0.1, 0.15) is 0 Å². The minimum Gasteiger partial charge on any atom is -0.282 e. The lowest BCUT2D eigenvalue weighted by molar-refractivity contribution is 0.604. The first-order valence-corrected chi connectivity index (χ1v) is 6.21. The summed E-state index contributed by atoms with van der Waals surface area (Å²) in [6.45, 7) is 3.36. The molecule has 0 saturated carbocycles. The number of rotatable bonds is 4. The van der Waals surface area contributed by atoms with Crippen LogP contribution in [-0.4, -0.2) is 19.2 Å². The van der Waals surface area contributed by atoms with Crippen molar-refractivity contribution in [1.29, 1.82) is 0 Å². The van der Waals surface area contributed by atoms with Gasteiger partial charge in [-0.2, -0.15) is 0 Å². The van der Waals surface area contributed by atoms with Gasteiger partial charge in [-0.05, 0) is 28.1 Å². The molecule has 0 aliphatic carbocycles. The van der Waals surface area contributed by atoms with E-state index in [0.717, 1.165) is 0 Å². The van der Waals surface area contributed by atoms with E-state index in [1.54, 1.807) is 12.1 Å². The minimum absolute atomic E-state index is 0.108. The molecule has 0 amide bonds. The Morgan fingerprint density at radius 1 is 1.57 bits per heavy atom. The van der Waals surface area contributed by atoms with Gasteiger partial charge in [0.05, 0.1) is 17.6 Å². The molecule has 0 aliphatic rings. The van der Waals surface area contributed by atoms with Gasteiger partial charge >= 0.3 is 0 Å². The third-order valence-corrected chi connectivity index (χ3v) is 3.03.